The lowest BCUT2D eigenvalue weighted by Gasteiger charge is -2.05. The predicted octanol–water partition coefficient (Wildman–Crippen LogP) is 5.37. The maximum Gasteiger partial charge on any atom is 0.167 e. The minimum Gasteiger partial charge on any atom is -0.364 e. The smallest absolute Gasteiger partial charge is 0.167 e. The van der Waals surface area contributed by atoms with Gasteiger partial charge in [-0.3, -0.25) is 4.98 Å². The van der Waals surface area contributed by atoms with Gasteiger partial charge in [-0.25, -0.2) is 4.98 Å². The normalized spacial score (nSPS) is 10.7. The molecule has 4 aromatic rings. The van der Waals surface area contributed by atoms with Gasteiger partial charge in [-0.15, -0.1) is 0 Å². The van der Waals surface area contributed by atoms with Gasteiger partial charge >= 0.3 is 0 Å². The van der Waals surface area contributed by atoms with Gasteiger partial charge in [0.15, 0.2) is 5.76 Å². The van der Waals surface area contributed by atoms with Gasteiger partial charge in [-0.2, -0.15) is 0 Å². The molecular weight excluding hydrogens is 360 g/mol. The maximum absolute atomic E-state index is 5.91. The first-order valence-electron chi connectivity index (χ1n) is 8.52. The van der Waals surface area contributed by atoms with Crippen molar-refractivity contribution >= 4 is 17.4 Å². The molecular formula is C21H17ClN4O. The lowest BCUT2D eigenvalue weighted by Crippen LogP contribution is -2.01. The van der Waals surface area contributed by atoms with Crippen molar-refractivity contribution in [1.29, 1.82) is 0 Å². The van der Waals surface area contributed by atoms with Crippen LogP contribution in [0.15, 0.2) is 71.5 Å². The molecule has 134 valence electrons. The molecule has 1 aromatic carbocycles. The Morgan fingerprint density at radius 1 is 0.889 bits per heavy atom. The molecule has 0 aliphatic rings. The molecule has 0 aliphatic heterocycles. The van der Waals surface area contributed by atoms with Crippen molar-refractivity contribution in [2.45, 2.75) is 13.5 Å². The SMILES string of the molecule is Cc1ccc(-c2ccc(NCc3cc(-c4ccc(Cl)cc4)on3)nc2)cn1. The molecule has 0 aliphatic carbocycles. The molecule has 0 unspecified atom stereocenters. The van der Waals surface area contributed by atoms with E-state index in [2.05, 4.69) is 20.4 Å². The summed E-state index contributed by atoms with van der Waals surface area (Å²) in [7, 11) is 0. The summed E-state index contributed by atoms with van der Waals surface area (Å²) in [6.45, 7) is 2.49. The zero-order valence-corrected chi connectivity index (χ0v) is 15.4. The van der Waals surface area contributed by atoms with Crippen LogP contribution >= 0.6 is 11.6 Å². The van der Waals surface area contributed by atoms with Crippen LogP contribution in [0.2, 0.25) is 5.02 Å². The van der Waals surface area contributed by atoms with Crippen molar-refractivity contribution in [2.24, 2.45) is 0 Å². The number of nitrogens with one attached hydrogen (secondary N) is 1. The zero-order chi connectivity index (χ0) is 18.6. The van der Waals surface area contributed by atoms with Crippen molar-refractivity contribution in [2.75, 3.05) is 5.32 Å². The van der Waals surface area contributed by atoms with Crippen molar-refractivity contribution in [3.63, 3.8) is 0 Å². The second kappa shape index (κ2) is 7.60. The average Bonchev–Trinajstić information content (AvgIpc) is 3.17. The van der Waals surface area contributed by atoms with Gasteiger partial charge < -0.3 is 9.84 Å². The number of rotatable bonds is 5. The van der Waals surface area contributed by atoms with E-state index < -0.39 is 0 Å². The Labute approximate surface area is 162 Å². The lowest BCUT2D eigenvalue weighted by molar-refractivity contribution is 0.424. The van der Waals surface area contributed by atoms with Gasteiger partial charge in [-0.1, -0.05) is 22.8 Å². The fraction of sp³-hybridized carbons (Fsp3) is 0.0952. The number of halogens is 1. The molecule has 0 saturated heterocycles. The van der Waals surface area contributed by atoms with E-state index in [9.17, 15) is 0 Å². The molecule has 1 N–H and O–H groups in total. The van der Waals surface area contributed by atoms with E-state index in [1.54, 1.807) is 0 Å². The van der Waals surface area contributed by atoms with Crippen LogP contribution in [-0.2, 0) is 6.54 Å². The minimum atomic E-state index is 0.523. The maximum atomic E-state index is 5.91. The molecule has 0 atom stereocenters. The highest BCUT2D eigenvalue weighted by Gasteiger charge is 2.07. The van der Waals surface area contributed by atoms with E-state index in [0.717, 1.165) is 33.9 Å². The molecule has 0 saturated carbocycles. The topological polar surface area (TPSA) is 63.8 Å². The third-order valence-corrected chi connectivity index (χ3v) is 4.40. The number of aromatic nitrogens is 3. The summed E-state index contributed by atoms with van der Waals surface area (Å²) in [5, 5.41) is 8.04. The molecule has 3 aromatic heterocycles. The molecule has 0 amide bonds. The van der Waals surface area contributed by atoms with Gasteiger partial charge in [0.25, 0.3) is 0 Å². The number of hydrogen-bond acceptors (Lipinski definition) is 5. The molecule has 27 heavy (non-hydrogen) atoms. The molecule has 0 spiro atoms. The van der Waals surface area contributed by atoms with E-state index >= 15 is 0 Å². The fourth-order valence-electron chi connectivity index (χ4n) is 2.63. The van der Waals surface area contributed by atoms with Gasteiger partial charge in [0.2, 0.25) is 0 Å². The lowest BCUT2D eigenvalue weighted by atomic mass is 10.1. The molecule has 0 fully saturated rings. The van der Waals surface area contributed by atoms with Crippen LogP contribution in [-0.4, -0.2) is 15.1 Å². The monoisotopic (exact) mass is 376 g/mol. The fourth-order valence-corrected chi connectivity index (χ4v) is 2.76. The Hall–Kier alpha value is -3.18. The summed E-state index contributed by atoms with van der Waals surface area (Å²) in [6.07, 6.45) is 3.68. The summed E-state index contributed by atoms with van der Waals surface area (Å²) in [4.78, 5) is 8.77. The predicted molar refractivity (Wildman–Crippen MR) is 106 cm³/mol. The molecule has 5 nitrogen and oxygen atoms in total. The summed E-state index contributed by atoms with van der Waals surface area (Å²) >= 11 is 5.91. The van der Waals surface area contributed by atoms with Crippen LogP contribution in [0.5, 0.6) is 0 Å². The van der Waals surface area contributed by atoms with Crippen LogP contribution in [0, 0.1) is 6.92 Å². The number of nitrogens with zero attached hydrogens (tertiary/aromatic N) is 3. The highest BCUT2D eigenvalue weighted by molar-refractivity contribution is 6.30. The first kappa shape index (κ1) is 17.2. The Bertz CT molecular complexity index is 1030. The average molecular weight is 377 g/mol. The Morgan fingerprint density at radius 3 is 2.26 bits per heavy atom. The summed E-state index contributed by atoms with van der Waals surface area (Å²) in [6, 6.07) is 17.4. The zero-order valence-electron chi connectivity index (χ0n) is 14.7. The molecule has 6 heteroatoms. The number of anilines is 1. The van der Waals surface area contributed by atoms with E-state index in [1.807, 2.05) is 73.9 Å². The number of hydrogen-bond donors (Lipinski definition) is 1. The van der Waals surface area contributed by atoms with Crippen molar-refractivity contribution in [3.8, 4) is 22.5 Å². The van der Waals surface area contributed by atoms with E-state index in [0.29, 0.717) is 17.3 Å². The van der Waals surface area contributed by atoms with Crippen LogP contribution in [0.3, 0.4) is 0 Å². The van der Waals surface area contributed by atoms with Gasteiger partial charge in [0.05, 0.1) is 6.54 Å². The third kappa shape index (κ3) is 4.15. The second-order valence-corrected chi connectivity index (χ2v) is 6.60. The van der Waals surface area contributed by atoms with Crippen LogP contribution in [0.1, 0.15) is 11.4 Å². The van der Waals surface area contributed by atoms with Crippen LogP contribution < -0.4 is 5.32 Å². The van der Waals surface area contributed by atoms with Crippen LogP contribution in [0.25, 0.3) is 22.5 Å². The van der Waals surface area contributed by atoms with Crippen LogP contribution in [0.4, 0.5) is 5.82 Å². The summed E-state index contributed by atoms with van der Waals surface area (Å²) in [5.74, 6) is 1.48. The number of benzene rings is 1. The van der Waals surface area contributed by atoms with Crippen molar-refractivity contribution < 1.29 is 4.52 Å². The Morgan fingerprint density at radius 2 is 1.59 bits per heavy atom. The number of pyridine rings is 2. The van der Waals surface area contributed by atoms with E-state index in [1.165, 1.54) is 0 Å². The molecule has 3 heterocycles. The van der Waals surface area contributed by atoms with Crippen molar-refractivity contribution in [1.82, 2.24) is 15.1 Å². The van der Waals surface area contributed by atoms with Gasteiger partial charge in [0.1, 0.15) is 11.5 Å². The first-order chi connectivity index (χ1) is 13.2. The second-order valence-electron chi connectivity index (χ2n) is 6.16. The number of aryl methyl sites for hydroxylation is 1. The molecule has 4 rings (SSSR count). The van der Waals surface area contributed by atoms with Gasteiger partial charge in [0, 0.05) is 45.9 Å². The van der Waals surface area contributed by atoms with Crippen molar-refractivity contribution in [3.05, 3.63) is 83.4 Å². The molecule has 0 bridgehead atoms. The Kier molecular flexibility index (Phi) is 4.85. The summed E-state index contributed by atoms with van der Waals surface area (Å²) < 4.78 is 5.41. The highest BCUT2D eigenvalue weighted by atomic mass is 35.5. The summed E-state index contributed by atoms with van der Waals surface area (Å²) in [5.41, 5.74) is 4.81. The first-order valence-corrected chi connectivity index (χ1v) is 8.90. The van der Waals surface area contributed by atoms with E-state index in [-0.39, 0.29) is 0 Å². The Balaban J connectivity index is 1.40. The van der Waals surface area contributed by atoms with E-state index in [4.69, 9.17) is 16.1 Å². The van der Waals surface area contributed by atoms with Gasteiger partial charge in [-0.05, 0) is 49.4 Å². The molecule has 0 radical (unpaired) electrons. The standard InChI is InChI=1S/C21H17ClN4O/c1-14-2-3-16(11-23-14)17-6-9-21(24-12-17)25-13-19-10-20(27-26-19)15-4-7-18(22)8-5-15/h2-12H,13H2,1H3,(H,24,25). The minimum absolute atomic E-state index is 0.523. The quantitative estimate of drug-likeness (QED) is 0.507. The third-order valence-electron chi connectivity index (χ3n) is 4.15. The highest BCUT2D eigenvalue weighted by Crippen LogP contribution is 2.23. The largest absolute Gasteiger partial charge is 0.364 e.